The van der Waals surface area contributed by atoms with E-state index in [2.05, 4.69) is 32.4 Å². The van der Waals surface area contributed by atoms with Gasteiger partial charge >= 0.3 is 0 Å². The van der Waals surface area contributed by atoms with Gasteiger partial charge in [-0.3, -0.25) is 4.79 Å². The Hall–Kier alpha value is -3.28. The first-order chi connectivity index (χ1) is 14.1. The molecule has 29 heavy (non-hydrogen) atoms. The Morgan fingerprint density at radius 3 is 2.69 bits per heavy atom. The molecule has 0 aliphatic heterocycles. The standard InChI is InChI=1S/C23H24N4O2/c1-3-19-20(14-25-16(2)26-19)29-15-23(17-9-5-4-6-10-17)13-18(23)22(28)27-21-11-7-8-12-24-21/h4-12,14,18H,3,13,15H2,1-2H3,(H,24,27,28)/t18-,23+/m0/s1. The van der Waals surface area contributed by atoms with Crippen LogP contribution in [0.3, 0.4) is 0 Å². The number of hydrogen-bond acceptors (Lipinski definition) is 5. The Morgan fingerprint density at radius 1 is 1.17 bits per heavy atom. The molecule has 0 bridgehead atoms. The molecular formula is C23H24N4O2. The Bertz CT molecular complexity index is 994. The number of aromatic nitrogens is 3. The normalized spacial score (nSPS) is 20.1. The van der Waals surface area contributed by atoms with E-state index < -0.39 is 0 Å². The van der Waals surface area contributed by atoms with E-state index in [1.54, 1.807) is 18.5 Å². The second-order valence-electron chi connectivity index (χ2n) is 7.35. The second-order valence-corrected chi connectivity index (χ2v) is 7.35. The van der Waals surface area contributed by atoms with E-state index in [9.17, 15) is 4.79 Å². The predicted octanol–water partition coefficient (Wildman–Crippen LogP) is 3.72. The van der Waals surface area contributed by atoms with Crippen molar-refractivity contribution in [3.8, 4) is 5.75 Å². The Morgan fingerprint density at radius 2 is 1.97 bits per heavy atom. The van der Waals surface area contributed by atoms with Crippen LogP contribution in [0.4, 0.5) is 5.82 Å². The molecule has 6 heteroatoms. The quantitative estimate of drug-likeness (QED) is 0.668. The second kappa shape index (κ2) is 7.99. The summed E-state index contributed by atoms with van der Waals surface area (Å²) in [5, 5.41) is 2.93. The lowest BCUT2D eigenvalue weighted by molar-refractivity contribution is -0.117. The highest BCUT2D eigenvalue weighted by atomic mass is 16.5. The average molecular weight is 388 g/mol. The van der Waals surface area contributed by atoms with E-state index in [1.807, 2.05) is 44.2 Å². The summed E-state index contributed by atoms with van der Waals surface area (Å²) in [6.45, 7) is 4.31. The molecule has 0 spiro atoms. The first kappa shape index (κ1) is 19.1. The van der Waals surface area contributed by atoms with Crippen LogP contribution in [0.15, 0.2) is 60.9 Å². The molecule has 2 atom stereocenters. The van der Waals surface area contributed by atoms with E-state index in [0.29, 0.717) is 18.2 Å². The van der Waals surface area contributed by atoms with Crippen molar-refractivity contribution in [2.45, 2.75) is 32.1 Å². The third-order valence-corrected chi connectivity index (χ3v) is 5.43. The molecule has 0 saturated heterocycles. The Labute approximate surface area is 170 Å². The lowest BCUT2D eigenvalue weighted by atomic mass is 9.93. The van der Waals surface area contributed by atoms with Gasteiger partial charge in [0, 0.05) is 11.6 Å². The first-order valence-electron chi connectivity index (χ1n) is 9.85. The summed E-state index contributed by atoms with van der Waals surface area (Å²) in [6, 6.07) is 15.6. The number of ether oxygens (including phenoxy) is 1. The van der Waals surface area contributed by atoms with Crippen molar-refractivity contribution >= 4 is 11.7 Å². The molecule has 1 saturated carbocycles. The molecule has 1 aliphatic rings. The number of carbonyl (C=O) groups excluding carboxylic acids is 1. The molecule has 3 aromatic rings. The van der Waals surface area contributed by atoms with Crippen LogP contribution < -0.4 is 10.1 Å². The largest absolute Gasteiger partial charge is 0.489 e. The van der Waals surface area contributed by atoms with Crippen LogP contribution in [0.2, 0.25) is 0 Å². The van der Waals surface area contributed by atoms with Crippen molar-refractivity contribution in [3.05, 3.63) is 78.0 Å². The fraction of sp³-hybridized carbons (Fsp3) is 0.304. The molecule has 1 aromatic carbocycles. The summed E-state index contributed by atoms with van der Waals surface area (Å²) in [6.07, 6.45) is 4.88. The van der Waals surface area contributed by atoms with Gasteiger partial charge in [0.05, 0.1) is 24.4 Å². The molecular weight excluding hydrogens is 364 g/mol. The molecule has 0 unspecified atom stereocenters. The molecule has 1 amide bonds. The number of amides is 1. The van der Waals surface area contributed by atoms with Crippen molar-refractivity contribution in [1.29, 1.82) is 0 Å². The van der Waals surface area contributed by atoms with Crippen molar-refractivity contribution in [2.24, 2.45) is 5.92 Å². The number of pyridine rings is 1. The molecule has 1 aliphatic carbocycles. The summed E-state index contributed by atoms with van der Waals surface area (Å²) in [7, 11) is 0. The third-order valence-electron chi connectivity index (χ3n) is 5.43. The summed E-state index contributed by atoms with van der Waals surface area (Å²) in [4.78, 5) is 25.8. The van der Waals surface area contributed by atoms with Gasteiger partial charge in [0.2, 0.25) is 5.91 Å². The maximum atomic E-state index is 12.9. The van der Waals surface area contributed by atoms with Crippen LogP contribution in [-0.4, -0.2) is 27.5 Å². The van der Waals surface area contributed by atoms with E-state index >= 15 is 0 Å². The Balaban J connectivity index is 1.55. The maximum Gasteiger partial charge on any atom is 0.229 e. The van der Waals surface area contributed by atoms with Crippen LogP contribution >= 0.6 is 0 Å². The summed E-state index contributed by atoms with van der Waals surface area (Å²) in [5.41, 5.74) is 1.62. The molecule has 148 valence electrons. The highest BCUT2D eigenvalue weighted by Gasteiger charge is 2.60. The number of hydrogen-bond donors (Lipinski definition) is 1. The predicted molar refractivity (Wildman–Crippen MR) is 111 cm³/mol. The summed E-state index contributed by atoms with van der Waals surface area (Å²) >= 11 is 0. The van der Waals surface area contributed by atoms with Gasteiger partial charge in [-0.05, 0) is 37.5 Å². The van der Waals surface area contributed by atoms with E-state index in [0.717, 1.165) is 29.9 Å². The zero-order valence-electron chi connectivity index (χ0n) is 16.6. The molecule has 6 nitrogen and oxygen atoms in total. The van der Waals surface area contributed by atoms with Gasteiger partial charge in [-0.1, -0.05) is 43.3 Å². The number of carbonyl (C=O) groups is 1. The van der Waals surface area contributed by atoms with Gasteiger partial charge in [-0.2, -0.15) is 0 Å². The van der Waals surface area contributed by atoms with Crippen LogP contribution in [0.25, 0.3) is 0 Å². The van der Waals surface area contributed by atoms with Gasteiger partial charge < -0.3 is 10.1 Å². The zero-order valence-corrected chi connectivity index (χ0v) is 16.6. The smallest absolute Gasteiger partial charge is 0.229 e. The lowest BCUT2D eigenvalue weighted by Crippen LogP contribution is -2.27. The Kier molecular flexibility index (Phi) is 5.25. The molecule has 1 fully saturated rings. The third kappa shape index (κ3) is 3.97. The van der Waals surface area contributed by atoms with E-state index in [1.165, 1.54) is 0 Å². The van der Waals surface area contributed by atoms with Crippen LogP contribution in [-0.2, 0) is 16.6 Å². The van der Waals surface area contributed by atoms with Crippen molar-refractivity contribution in [2.75, 3.05) is 11.9 Å². The van der Waals surface area contributed by atoms with Crippen molar-refractivity contribution in [1.82, 2.24) is 15.0 Å². The molecule has 2 aromatic heterocycles. The molecule has 4 rings (SSSR count). The highest BCUT2D eigenvalue weighted by molar-refractivity contribution is 5.95. The zero-order chi connectivity index (χ0) is 20.3. The van der Waals surface area contributed by atoms with Gasteiger partial charge in [0.25, 0.3) is 0 Å². The number of nitrogens with zero attached hydrogens (tertiary/aromatic N) is 3. The first-order valence-corrected chi connectivity index (χ1v) is 9.85. The maximum absolute atomic E-state index is 12.9. The number of rotatable bonds is 7. The monoisotopic (exact) mass is 388 g/mol. The van der Waals surface area contributed by atoms with E-state index in [-0.39, 0.29) is 17.2 Å². The highest BCUT2D eigenvalue weighted by Crippen LogP contribution is 2.55. The SMILES string of the molecule is CCc1nc(C)ncc1OC[C@@]1(c2ccccc2)C[C@H]1C(=O)Nc1ccccn1. The van der Waals surface area contributed by atoms with E-state index in [4.69, 9.17) is 4.74 Å². The minimum absolute atomic E-state index is 0.0352. The van der Waals surface area contributed by atoms with Crippen LogP contribution in [0, 0.1) is 12.8 Å². The van der Waals surface area contributed by atoms with Crippen molar-refractivity contribution < 1.29 is 9.53 Å². The average Bonchev–Trinajstić information content (AvgIpc) is 3.50. The van der Waals surface area contributed by atoms with Gasteiger partial charge in [-0.25, -0.2) is 15.0 Å². The number of aryl methyl sites for hydroxylation is 2. The topological polar surface area (TPSA) is 77.0 Å². The van der Waals surface area contributed by atoms with Crippen LogP contribution in [0.5, 0.6) is 5.75 Å². The number of anilines is 1. The van der Waals surface area contributed by atoms with Gasteiger partial charge in [0.15, 0.2) is 5.75 Å². The summed E-state index contributed by atoms with van der Waals surface area (Å²) in [5.74, 6) is 1.76. The fourth-order valence-electron chi connectivity index (χ4n) is 3.72. The minimum Gasteiger partial charge on any atom is -0.489 e. The molecule has 0 radical (unpaired) electrons. The van der Waals surface area contributed by atoms with Crippen molar-refractivity contribution in [3.63, 3.8) is 0 Å². The van der Waals surface area contributed by atoms with Crippen LogP contribution in [0.1, 0.15) is 30.4 Å². The summed E-state index contributed by atoms with van der Waals surface area (Å²) < 4.78 is 6.17. The van der Waals surface area contributed by atoms with Gasteiger partial charge in [0.1, 0.15) is 11.6 Å². The minimum atomic E-state index is -0.365. The lowest BCUT2D eigenvalue weighted by Gasteiger charge is -2.20. The van der Waals surface area contributed by atoms with Gasteiger partial charge in [-0.15, -0.1) is 0 Å². The fourth-order valence-corrected chi connectivity index (χ4v) is 3.72. The number of benzene rings is 1. The molecule has 1 N–H and O–H groups in total. The number of nitrogens with one attached hydrogen (secondary N) is 1. The molecule has 2 heterocycles.